The van der Waals surface area contributed by atoms with Gasteiger partial charge in [-0.25, -0.2) is 0 Å². The van der Waals surface area contributed by atoms with Crippen LogP contribution < -0.4 is 10.2 Å². The van der Waals surface area contributed by atoms with Gasteiger partial charge in [-0.1, -0.05) is 37.3 Å². The number of rotatable bonds is 6. The predicted octanol–water partition coefficient (Wildman–Crippen LogP) is 2.02. The van der Waals surface area contributed by atoms with Gasteiger partial charge in [0.1, 0.15) is 0 Å². The molecule has 3 rings (SSSR count). The Labute approximate surface area is 137 Å². The largest absolute Gasteiger partial charge is 0.353 e. The fourth-order valence-corrected chi connectivity index (χ4v) is 2.74. The van der Waals surface area contributed by atoms with Crippen molar-refractivity contribution in [1.82, 2.24) is 20.1 Å². The van der Waals surface area contributed by atoms with Crippen LogP contribution in [0, 0.1) is 0 Å². The number of hydrogen-bond acceptors (Lipinski definition) is 6. The molecule has 2 aromatic rings. The molecule has 1 aliphatic heterocycles. The third kappa shape index (κ3) is 4.39. The smallest absolute Gasteiger partial charge is 0.244 e. The lowest BCUT2D eigenvalue weighted by atomic mass is 10.2. The van der Waals surface area contributed by atoms with Gasteiger partial charge < -0.3 is 10.2 Å². The molecule has 0 aliphatic carbocycles. The topological polar surface area (TPSA) is 57.2 Å². The van der Waals surface area contributed by atoms with Gasteiger partial charge in [0, 0.05) is 39.3 Å². The monoisotopic (exact) mass is 312 g/mol. The molecule has 0 amide bonds. The number of aromatic nitrogens is 3. The van der Waals surface area contributed by atoms with E-state index in [-0.39, 0.29) is 0 Å². The maximum atomic E-state index is 4.57. The normalized spacial score (nSPS) is 15.6. The Morgan fingerprint density at radius 3 is 2.61 bits per heavy atom. The van der Waals surface area contributed by atoms with Crippen LogP contribution in [0.5, 0.6) is 0 Å². The van der Waals surface area contributed by atoms with Gasteiger partial charge >= 0.3 is 0 Å². The summed E-state index contributed by atoms with van der Waals surface area (Å²) < 4.78 is 0. The Kier molecular flexibility index (Phi) is 5.37. The standard InChI is InChI=1S/C17H24N6/c1-2-8-18-17-20-16(13-19-21-17)23-11-9-22(10-12-23)14-15-6-4-3-5-7-15/h3-7,13H,2,8-12,14H2,1H3,(H,18,20,21). The van der Waals surface area contributed by atoms with E-state index in [9.17, 15) is 0 Å². The second-order valence-electron chi connectivity index (χ2n) is 5.81. The summed E-state index contributed by atoms with van der Waals surface area (Å²) in [5.74, 6) is 1.54. The van der Waals surface area contributed by atoms with Crippen molar-refractivity contribution in [3.05, 3.63) is 42.1 Å². The van der Waals surface area contributed by atoms with E-state index in [4.69, 9.17) is 0 Å². The van der Waals surface area contributed by atoms with Crippen molar-refractivity contribution in [2.24, 2.45) is 0 Å². The molecule has 1 aliphatic rings. The predicted molar refractivity (Wildman–Crippen MR) is 92.5 cm³/mol. The maximum absolute atomic E-state index is 4.57. The maximum Gasteiger partial charge on any atom is 0.244 e. The molecule has 0 radical (unpaired) electrons. The number of hydrogen-bond donors (Lipinski definition) is 1. The van der Waals surface area contributed by atoms with Gasteiger partial charge in [-0.3, -0.25) is 4.90 Å². The zero-order valence-corrected chi connectivity index (χ0v) is 13.6. The summed E-state index contributed by atoms with van der Waals surface area (Å²) in [5, 5.41) is 11.3. The lowest BCUT2D eigenvalue weighted by molar-refractivity contribution is 0.249. The molecule has 1 saturated heterocycles. The van der Waals surface area contributed by atoms with Crippen molar-refractivity contribution in [2.75, 3.05) is 42.9 Å². The van der Waals surface area contributed by atoms with Gasteiger partial charge in [0.15, 0.2) is 5.82 Å². The van der Waals surface area contributed by atoms with Crippen LogP contribution in [0.3, 0.4) is 0 Å². The van der Waals surface area contributed by atoms with E-state index in [0.717, 1.165) is 51.5 Å². The van der Waals surface area contributed by atoms with Gasteiger partial charge in [-0.05, 0) is 12.0 Å². The molecule has 122 valence electrons. The number of piperazine rings is 1. The summed E-state index contributed by atoms with van der Waals surface area (Å²) in [4.78, 5) is 9.33. The van der Waals surface area contributed by atoms with E-state index in [2.05, 4.69) is 67.6 Å². The molecule has 0 unspecified atom stereocenters. The quantitative estimate of drug-likeness (QED) is 0.880. The zero-order chi connectivity index (χ0) is 15.9. The van der Waals surface area contributed by atoms with Crippen LogP contribution in [0.2, 0.25) is 0 Å². The Balaban J connectivity index is 1.54. The van der Waals surface area contributed by atoms with Gasteiger partial charge in [0.05, 0.1) is 6.20 Å². The second-order valence-corrected chi connectivity index (χ2v) is 5.81. The zero-order valence-electron chi connectivity index (χ0n) is 13.6. The van der Waals surface area contributed by atoms with Crippen LogP contribution in [0.15, 0.2) is 36.5 Å². The fourth-order valence-electron chi connectivity index (χ4n) is 2.74. The summed E-state index contributed by atoms with van der Waals surface area (Å²) >= 11 is 0. The van der Waals surface area contributed by atoms with Crippen LogP contribution >= 0.6 is 0 Å². The molecular weight excluding hydrogens is 288 g/mol. The molecule has 0 bridgehead atoms. The second kappa shape index (κ2) is 7.87. The van der Waals surface area contributed by atoms with Crippen molar-refractivity contribution < 1.29 is 0 Å². The van der Waals surface area contributed by atoms with Crippen LogP contribution in [-0.2, 0) is 6.54 Å². The molecule has 1 aromatic heterocycles. The molecular formula is C17H24N6. The van der Waals surface area contributed by atoms with Crippen molar-refractivity contribution >= 4 is 11.8 Å². The highest BCUT2D eigenvalue weighted by molar-refractivity contribution is 5.40. The molecule has 0 spiro atoms. The Morgan fingerprint density at radius 1 is 1.09 bits per heavy atom. The fraction of sp³-hybridized carbons (Fsp3) is 0.471. The van der Waals surface area contributed by atoms with E-state index in [1.54, 1.807) is 6.20 Å². The first-order valence-corrected chi connectivity index (χ1v) is 8.30. The van der Waals surface area contributed by atoms with E-state index in [1.165, 1.54) is 5.56 Å². The summed E-state index contributed by atoms with van der Waals surface area (Å²) in [6.45, 7) is 8.02. The van der Waals surface area contributed by atoms with Crippen molar-refractivity contribution in [2.45, 2.75) is 19.9 Å². The molecule has 1 N–H and O–H groups in total. The molecule has 2 heterocycles. The minimum Gasteiger partial charge on any atom is -0.353 e. The average Bonchev–Trinajstić information content (AvgIpc) is 2.62. The Morgan fingerprint density at radius 2 is 1.87 bits per heavy atom. The third-order valence-corrected chi connectivity index (χ3v) is 4.02. The van der Waals surface area contributed by atoms with Crippen LogP contribution in [0.4, 0.5) is 11.8 Å². The molecule has 6 nitrogen and oxygen atoms in total. The average molecular weight is 312 g/mol. The highest BCUT2D eigenvalue weighted by Crippen LogP contribution is 2.15. The molecule has 0 atom stereocenters. The number of nitrogens with one attached hydrogen (secondary N) is 1. The van der Waals surface area contributed by atoms with E-state index >= 15 is 0 Å². The summed E-state index contributed by atoms with van der Waals surface area (Å²) in [5.41, 5.74) is 1.37. The minimum atomic E-state index is 0.621. The molecule has 0 saturated carbocycles. The lowest BCUT2D eigenvalue weighted by Crippen LogP contribution is -2.46. The molecule has 6 heteroatoms. The third-order valence-electron chi connectivity index (χ3n) is 4.02. The first-order valence-electron chi connectivity index (χ1n) is 8.30. The molecule has 1 fully saturated rings. The minimum absolute atomic E-state index is 0.621. The van der Waals surface area contributed by atoms with Gasteiger partial charge in [0.25, 0.3) is 0 Å². The summed E-state index contributed by atoms with van der Waals surface area (Å²) in [7, 11) is 0. The molecule has 1 aromatic carbocycles. The highest BCUT2D eigenvalue weighted by atomic mass is 15.3. The number of anilines is 2. The number of nitrogens with zero attached hydrogens (tertiary/aromatic N) is 5. The van der Waals surface area contributed by atoms with Gasteiger partial charge in [0.2, 0.25) is 5.95 Å². The molecule has 23 heavy (non-hydrogen) atoms. The summed E-state index contributed by atoms with van der Waals surface area (Å²) in [6.07, 6.45) is 2.80. The Bertz CT molecular complexity index is 595. The van der Waals surface area contributed by atoms with Gasteiger partial charge in [-0.2, -0.15) is 10.1 Å². The van der Waals surface area contributed by atoms with Crippen molar-refractivity contribution in [1.29, 1.82) is 0 Å². The Hall–Kier alpha value is -2.21. The first kappa shape index (κ1) is 15.7. The van der Waals surface area contributed by atoms with Crippen LogP contribution in [0.1, 0.15) is 18.9 Å². The van der Waals surface area contributed by atoms with E-state index < -0.39 is 0 Å². The SMILES string of the molecule is CCCNc1nncc(N2CCN(Cc3ccccc3)CC2)n1. The lowest BCUT2D eigenvalue weighted by Gasteiger charge is -2.35. The highest BCUT2D eigenvalue weighted by Gasteiger charge is 2.18. The number of benzene rings is 1. The van der Waals surface area contributed by atoms with Crippen LogP contribution in [-0.4, -0.2) is 52.8 Å². The van der Waals surface area contributed by atoms with E-state index in [1.807, 2.05) is 0 Å². The van der Waals surface area contributed by atoms with Crippen LogP contribution in [0.25, 0.3) is 0 Å². The van der Waals surface area contributed by atoms with Gasteiger partial charge in [-0.15, -0.1) is 5.10 Å². The van der Waals surface area contributed by atoms with Crippen molar-refractivity contribution in [3.8, 4) is 0 Å². The van der Waals surface area contributed by atoms with Crippen molar-refractivity contribution in [3.63, 3.8) is 0 Å². The van der Waals surface area contributed by atoms with E-state index in [0.29, 0.717) is 5.95 Å². The summed E-state index contributed by atoms with van der Waals surface area (Å²) in [6, 6.07) is 10.6. The first-order chi connectivity index (χ1) is 11.3.